The molecule has 2 fully saturated rings. The Kier molecular flexibility index (Phi) is 2.94. The van der Waals surface area contributed by atoms with E-state index in [1.807, 2.05) is 0 Å². The summed E-state index contributed by atoms with van der Waals surface area (Å²) in [6.07, 6.45) is 6.93. The number of rotatable bonds is 5. The van der Waals surface area contributed by atoms with E-state index in [2.05, 4.69) is 13.8 Å². The quantitative estimate of drug-likeness (QED) is 0.744. The molecule has 2 aliphatic carbocycles. The van der Waals surface area contributed by atoms with Crippen LogP contribution >= 0.6 is 0 Å². The van der Waals surface area contributed by atoms with E-state index in [0.29, 0.717) is 24.2 Å². The monoisotopic (exact) mass is 272 g/mol. The molecule has 0 bridgehead atoms. The van der Waals surface area contributed by atoms with Crippen LogP contribution in [-0.2, 0) is 0 Å². The van der Waals surface area contributed by atoms with Gasteiger partial charge >= 0.3 is 0 Å². The zero-order valence-electron chi connectivity index (χ0n) is 18.5. The summed E-state index contributed by atoms with van der Waals surface area (Å²) in [5.41, 5.74) is 0.185. The van der Waals surface area contributed by atoms with Crippen LogP contribution in [0.15, 0.2) is 0 Å². The fraction of sp³-hybridized carbons (Fsp3) is 1.00. The molecular formula is C18H34O. The standard InChI is InChI=1S/C18H34O/c1-13(2)7-5-8-14(3)15-10-11-16-17(19)9-6-12-18(15,16)4/h13-17,19H,5-12H2,1-4H3/t14-,15-,16+,17+,18-/m1/s1/i1D3,2D3. The highest BCUT2D eigenvalue weighted by molar-refractivity contribution is 5.01. The molecule has 112 valence electrons. The molecular weight excluding hydrogens is 232 g/mol. The van der Waals surface area contributed by atoms with E-state index in [0.717, 1.165) is 38.5 Å². The summed E-state index contributed by atoms with van der Waals surface area (Å²) in [4.78, 5) is 0. The molecule has 5 atom stereocenters. The van der Waals surface area contributed by atoms with E-state index in [-0.39, 0.29) is 17.9 Å². The molecule has 2 saturated carbocycles. The number of hydrogen-bond acceptors (Lipinski definition) is 1. The van der Waals surface area contributed by atoms with Gasteiger partial charge in [-0.25, -0.2) is 0 Å². The van der Waals surface area contributed by atoms with E-state index in [4.69, 9.17) is 8.22 Å². The molecule has 2 aliphatic rings. The van der Waals surface area contributed by atoms with Gasteiger partial charge in [-0.05, 0) is 54.8 Å². The van der Waals surface area contributed by atoms with Gasteiger partial charge in [-0.3, -0.25) is 0 Å². The first-order valence-corrected chi connectivity index (χ1v) is 8.05. The van der Waals surface area contributed by atoms with Crippen molar-refractivity contribution in [2.75, 3.05) is 0 Å². The summed E-state index contributed by atoms with van der Waals surface area (Å²) in [7, 11) is 0. The number of aliphatic hydroxyl groups excluding tert-OH is 1. The van der Waals surface area contributed by atoms with Crippen LogP contribution in [0.3, 0.4) is 0 Å². The van der Waals surface area contributed by atoms with Gasteiger partial charge in [0, 0.05) is 8.22 Å². The highest BCUT2D eigenvalue weighted by Gasteiger charge is 2.51. The lowest BCUT2D eigenvalue weighted by Gasteiger charge is -2.45. The Labute approximate surface area is 128 Å². The fourth-order valence-electron chi connectivity index (χ4n) is 4.97. The first kappa shape index (κ1) is 9.07. The summed E-state index contributed by atoms with van der Waals surface area (Å²) in [6, 6.07) is 0. The minimum absolute atomic E-state index is 0.175. The third-order valence-electron chi connectivity index (χ3n) is 6.00. The molecule has 0 aliphatic heterocycles. The fourth-order valence-corrected chi connectivity index (χ4v) is 4.97. The first-order valence-electron chi connectivity index (χ1n) is 11.1. The third kappa shape index (κ3) is 3.17. The first-order chi connectivity index (χ1) is 11.4. The SMILES string of the molecule is [2H]C([2H])([2H])C(CCC[C@@H](C)[C@H]1CC[C@H]2[C@@H](O)CCC[C@]12C)C([2H])([2H])[2H]. The predicted molar refractivity (Wildman–Crippen MR) is 82.0 cm³/mol. The second-order valence-electron chi connectivity index (χ2n) is 7.22. The van der Waals surface area contributed by atoms with Gasteiger partial charge in [-0.2, -0.15) is 0 Å². The summed E-state index contributed by atoms with van der Waals surface area (Å²) < 4.78 is 45.1. The third-order valence-corrected chi connectivity index (χ3v) is 6.00. The van der Waals surface area contributed by atoms with Crippen LogP contribution in [0, 0.1) is 29.1 Å². The van der Waals surface area contributed by atoms with E-state index in [9.17, 15) is 5.11 Å². The van der Waals surface area contributed by atoms with E-state index in [1.165, 1.54) is 0 Å². The normalized spacial score (nSPS) is 46.4. The summed E-state index contributed by atoms with van der Waals surface area (Å²) in [5.74, 6) is 0.155. The predicted octanol–water partition coefficient (Wildman–Crippen LogP) is 5.03. The van der Waals surface area contributed by atoms with Gasteiger partial charge in [0.25, 0.3) is 0 Å². The van der Waals surface area contributed by atoms with Crippen molar-refractivity contribution in [3.63, 3.8) is 0 Å². The van der Waals surface area contributed by atoms with Gasteiger partial charge in [0.05, 0.1) is 6.10 Å². The zero-order valence-corrected chi connectivity index (χ0v) is 12.5. The maximum absolute atomic E-state index is 10.3. The molecule has 0 amide bonds. The number of hydrogen-bond donors (Lipinski definition) is 1. The van der Waals surface area contributed by atoms with Crippen LogP contribution < -0.4 is 0 Å². The average Bonchev–Trinajstić information content (AvgIpc) is 2.79. The van der Waals surface area contributed by atoms with Crippen molar-refractivity contribution in [3.05, 3.63) is 0 Å². The van der Waals surface area contributed by atoms with Crippen LogP contribution in [0.5, 0.6) is 0 Å². The molecule has 2 rings (SSSR count). The van der Waals surface area contributed by atoms with Crippen molar-refractivity contribution < 1.29 is 13.3 Å². The number of fused-ring (bicyclic) bond motifs is 1. The lowest BCUT2D eigenvalue weighted by atomic mass is 9.61. The Bertz CT molecular complexity index is 432. The van der Waals surface area contributed by atoms with Gasteiger partial charge in [-0.15, -0.1) is 0 Å². The molecule has 0 spiro atoms. The minimum atomic E-state index is -2.42. The Morgan fingerprint density at radius 1 is 1.26 bits per heavy atom. The Balaban J connectivity index is 1.93. The Morgan fingerprint density at radius 2 is 2.05 bits per heavy atom. The highest BCUT2D eigenvalue weighted by atomic mass is 16.3. The minimum Gasteiger partial charge on any atom is -0.393 e. The highest BCUT2D eigenvalue weighted by Crippen LogP contribution is 2.58. The molecule has 0 unspecified atom stereocenters. The molecule has 0 radical (unpaired) electrons. The second-order valence-corrected chi connectivity index (χ2v) is 7.22. The zero-order chi connectivity index (χ0) is 19.0. The molecule has 1 heteroatoms. The molecule has 19 heavy (non-hydrogen) atoms. The van der Waals surface area contributed by atoms with Gasteiger partial charge < -0.3 is 5.11 Å². The van der Waals surface area contributed by atoms with Gasteiger partial charge in [0.1, 0.15) is 0 Å². The second kappa shape index (κ2) is 6.16. The Morgan fingerprint density at radius 3 is 2.79 bits per heavy atom. The van der Waals surface area contributed by atoms with E-state index in [1.54, 1.807) is 0 Å². The van der Waals surface area contributed by atoms with Crippen molar-refractivity contribution in [1.82, 2.24) is 0 Å². The van der Waals surface area contributed by atoms with E-state index < -0.39 is 19.6 Å². The average molecular weight is 273 g/mol. The van der Waals surface area contributed by atoms with Crippen LogP contribution in [0.1, 0.15) is 87.1 Å². The van der Waals surface area contributed by atoms with Crippen molar-refractivity contribution in [2.45, 2.75) is 85.0 Å². The van der Waals surface area contributed by atoms with Crippen molar-refractivity contribution in [1.29, 1.82) is 0 Å². The largest absolute Gasteiger partial charge is 0.393 e. The summed E-state index contributed by atoms with van der Waals surface area (Å²) in [5, 5.41) is 10.3. The smallest absolute Gasteiger partial charge is 0.0573 e. The maximum atomic E-state index is 10.3. The van der Waals surface area contributed by atoms with E-state index >= 15 is 0 Å². The van der Waals surface area contributed by atoms with Gasteiger partial charge in [0.2, 0.25) is 0 Å². The molecule has 1 N–H and O–H groups in total. The maximum Gasteiger partial charge on any atom is 0.0573 e. The molecule has 0 heterocycles. The molecule has 1 nitrogen and oxygen atoms in total. The molecule has 0 aromatic rings. The van der Waals surface area contributed by atoms with Crippen LogP contribution in [0.25, 0.3) is 0 Å². The van der Waals surface area contributed by atoms with Crippen LogP contribution in [-0.4, -0.2) is 11.2 Å². The van der Waals surface area contributed by atoms with Gasteiger partial charge in [-0.1, -0.05) is 53.2 Å². The molecule has 0 saturated heterocycles. The molecule has 0 aromatic carbocycles. The van der Waals surface area contributed by atoms with Crippen molar-refractivity contribution >= 4 is 0 Å². The summed E-state index contributed by atoms with van der Waals surface area (Å²) in [6.45, 7) is -0.306. The lowest BCUT2D eigenvalue weighted by Crippen LogP contribution is -2.41. The molecule has 0 aromatic heterocycles. The van der Waals surface area contributed by atoms with Crippen LogP contribution in [0.4, 0.5) is 0 Å². The lowest BCUT2D eigenvalue weighted by molar-refractivity contribution is -0.0278. The van der Waals surface area contributed by atoms with Crippen LogP contribution in [0.2, 0.25) is 0 Å². The van der Waals surface area contributed by atoms with Gasteiger partial charge in [0.15, 0.2) is 0 Å². The van der Waals surface area contributed by atoms with Crippen molar-refractivity contribution in [2.24, 2.45) is 29.1 Å². The summed E-state index contributed by atoms with van der Waals surface area (Å²) >= 11 is 0. The van der Waals surface area contributed by atoms with Crippen molar-refractivity contribution in [3.8, 4) is 0 Å². The number of aliphatic hydroxyl groups is 1. The topological polar surface area (TPSA) is 20.2 Å². The Hall–Kier alpha value is -0.0400.